The van der Waals surface area contributed by atoms with Gasteiger partial charge in [0.15, 0.2) is 0 Å². The van der Waals surface area contributed by atoms with Crippen molar-refractivity contribution in [1.29, 1.82) is 0 Å². The van der Waals surface area contributed by atoms with Gasteiger partial charge in [-0.05, 0) is 31.0 Å². The molecule has 1 aromatic carbocycles. The fourth-order valence-corrected chi connectivity index (χ4v) is 4.21. The SMILES string of the molecule is NC(=O)C1CCN(c2nc3c(c(=O)[nH]2)C(C(=O)Nc2ccc(Cl)c(Cl)c2)CC(=O)N3)CC1. The van der Waals surface area contributed by atoms with Gasteiger partial charge in [0.2, 0.25) is 23.7 Å². The van der Waals surface area contributed by atoms with Gasteiger partial charge in [0.1, 0.15) is 5.82 Å². The molecule has 168 valence electrons. The Hall–Kier alpha value is -3.11. The molecule has 1 atom stereocenters. The minimum absolute atomic E-state index is 0.0475. The Morgan fingerprint density at radius 3 is 2.53 bits per heavy atom. The first-order chi connectivity index (χ1) is 15.2. The molecule has 1 fully saturated rings. The molecule has 0 radical (unpaired) electrons. The van der Waals surface area contributed by atoms with Crippen LogP contribution >= 0.6 is 23.2 Å². The van der Waals surface area contributed by atoms with Crippen LogP contribution in [0.4, 0.5) is 17.5 Å². The van der Waals surface area contributed by atoms with Crippen LogP contribution in [0, 0.1) is 5.92 Å². The summed E-state index contributed by atoms with van der Waals surface area (Å²) in [6.45, 7) is 0.953. The van der Waals surface area contributed by atoms with Crippen LogP contribution in [0.3, 0.4) is 0 Å². The number of benzene rings is 1. The number of nitrogens with two attached hydrogens (primary N) is 1. The standard InChI is InChI=1S/C20H20Cl2N6O4/c21-12-2-1-10(7-13(12)22)24-18(31)11-8-14(29)25-17-15(11)19(32)27-20(26-17)28-5-3-9(4-6-28)16(23)30/h1-2,7,9,11H,3-6,8H2,(H2,23,30)(H,24,31)(H2,25,26,27,29,32). The summed E-state index contributed by atoms with van der Waals surface area (Å²) in [5.74, 6) is -2.25. The number of H-pyrrole nitrogens is 1. The van der Waals surface area contributed by atoms with E-state index in [-0.39, 0.29) is 40.6 Å². The average molecular weight is 479 g/mol. The highest BCUT2D eigenvalue weighted by atomic mass is 35.5. The van der Waals surface area contributed by atoms with E-state index in [9.17, 15) is 19.2 Å². The van der Waals surface area contributed by atoms with Gasteiger partial charge >= 0.3 is 0 Å². The van der Waals surface area contributed by atoms with Crippen LogP contribution in [0.25, 0.3) is 0 Å². The van der Waals surface area contributed by atoms with Crippen molar-refractivity contribution in [2.45, 2.75) is 25.2 Å². The molecule has 3 amide bonds. The molecule has 32 heavy (non-hydrogen) atoms. The lowest BCUT2D eigenvalue weighted by atomic mass is 9.92. The van der Waals surface area contributed by atoms with Gasteiger partial charge in [-0.2, -0.15) is 4.98 Å². The van der Waals surface area contributed by atoms with Crippen LogP contribution in [0.15, 0.2) is 23.0 Å². The Morgan fingerprint density at radius 1 is 1.16 bits per heavy atom. The Bertz CT molecular complexity index is 1160. The van der Waals surface area contributed by atoms with E-state index in [0.717, 1.165) is 0 Å². The molecule has 4 rings (SSSR count). The second-order valence-corrected chi connectivity index (χ2v) is 8.55. The van der Waals surface area contributed by atoms with Gasteiger partial charge < -0.3 is 21.3 Å². The number of aromatic amines is 1. The van der Waals surface area contributed by atoms with E-state index in [1.54, 1.807) is 6.07 Å². The van der Waals surface area contributed by atoms with Gasteiger partial charge in [-0.15, -0.1) is 0 Å². The molecular weight excluding hydrogens is 459 g/mol. The number of fused-ring (bicyclic) bond motifs is 1. The summed E-state index contributed by atoms with van der Waals surface area (Å²) in [6.07, 6.45) is 0.878. The summed E-state index contributed by atoms with van der Waals surface area (Å²) < 4.78 is 0. The van der Waals surface area contributed by atoms with E-state index in [0.29, 0.717) is 36.6 Å². The predicted molar refractivity (Wildman–Crippen MR) is 120 cm³/mol. The van der Waals surface area contributed by atoms with Crippen molar-refractivity contribution in [3.8, 4) is 0 Å². The van der Waals surface area contributed by atoms with Crippen molar-refractivity contribution < 1.29 is 14.4 Å². The lowest BCUT2D eigenvalue weighted by molar-refractivity contribution is -0.123. The molecule has 0 spiro atoms. The monoisotopic (exact) mass is 478 g/mol. The summed E-state index contributed by atoms with van der Waals surface area (Å²) >= 11 is 11.9. The third kappa shape index (κ3) is 4.42. The third-order valence-corrected chi connectivity index (χ3v) is 6.38. The van der Waals surface area contributed by atoms with Gasteiger partial charge in [0.25, 0.3) is 5.56 Å². The van der Waals surface area contributed by atoms with E-state index in [1.807, 2.05) is 4.90 Å². The molecule has 3 heterocycles. The van der Waals surface area contributed by atoms with Crippen molar-refractivity contribution in [1.82, 2.24) is 9.97 Å². The van der Waals surface area contributed by atoms with Gasteiger partial charge in [-0.1, -0.05) is 23.2 Å². The smallest absolute Gasteiger partial charge is 0.258 e. The molecule has 2 aliphatic heterocycles. The first kappa shape index (κ1) is 22.1. The van der Waals surface area contributed by atoms with Crippen LogP contribution in [0.5, 0.6) is 0 Å². The number of aromatic nitrogens is 2. The fourth-order valence-electron chi connectivity index (χ4n) is 3.91. The average Bonchev–Trinajstić information content (AvgIpc) is 2.75. The minimum Gasteiger partial charge on any atom is -0.369 e. The Kier molecular flexibility index (Phi) is 6.07. The van der Waals surface area contributed by atoms with Crippen molar-refractivity contribution >= 4 is 58.4 Å². The summed E-state index contributed by atoms with van der Waals surface area (Å²) in [7, 11) is 0. The quantitative estimate of drug-likeness (QED) is 0.526. The normalized spacial score (nSPS) is 18.6. The van der Waals surface area contributed by atoms with E-state index in [4.69, 9.17) is 28.9 Å². The van der Waals surface area contributed by atoms with Gasteiger partial charge in [-0.3, -0.25) is 24.2 Å². The molecule has 2 aliphatic rings. The number of nitrogens with one attached hydrogen (secondary N) is 3. The highest BCUT2D eigenvalue weighted by Crippen LogP contribution is 2.32. The Labute approximate surface area is 192 Å². The number of halogens is 2. The fraction of sp³-hybridized carbons (Fsp3) is 0.350. The maximum absolute atomic E-state index is 12.9. The summed E-state index contributed by atoms with van der Waals surface area (Å²) in [6, 6.07) is 4.58. The number of nitrogens with zero attached hydrogens (tertiary/aromatic N) is 2. The van der Waals surface area contributed by atoms with E-state index in [2.05, 4.69) is 20.6 Å². The van der Waals surface area contributed by atoms with Crippen molar-refractivity contribution in [2.75, 3.05) is 28.6 Å². The lowest BCUT2D eigenvalue weighted by Crippen LogP contribution is -2.41. The van der Waals surface area contributed by atoms with Crippen molar-refractivity contribution in [3.05, 3.63) is 44.2 Å². The lowest BCUT2D eigenvalue weighted by Gasteiger charge is -2.32. The molecule has 10 nitrogen and oxygen atoms in total. The van der Waals surface area contributed by atoms with E-state index < -0.39 is 23.3 Å². The van der Waals surface area contributed by atoms with Crippen molar-refractivity contribution in [3.63, 3.8) is 0 Å². The number of hydrogen-bond donors (Lipinski definition) is 4. The number of hydrogen-bond acceptors (Lipinski definition) is 6. The van der Waals surface area contributed by atoms with Crippen LogP contribution in [0.2, 0.25) is 10.0 Å². The summed E-state index contributed by atoms with van der Waals surface area (Å²) in [4.78, 5) is 58.4. The van der Waals surface area contributed by atoms with E-state index >= 15 is 0 Å². The number of amides is 3. The molecule has 0 aliphatic carbocycles. The van der Waals surface area contributed by atoms with Crippen LogP contribution in [-0.2, 0) is 14.4 Å². The second kappa shape index (κ2) is 8.79. The van der Waals surface area contributed by atoms with Gasteiger partial charge in [0, 0.05) is 31.1 Å². The van der Waals surface area contributed by atoms with E-state index in [1.165, 1.54) is 12.1 Å². The Balaban J connectivity index is 1.59. The number of carbonyl (C=O) groups excluding carboxylic acids is 3. The molecule has 5 N–H and O–H groups in total. The van der Waals surface area contributed by atoms with Gasteiger partial charge in [0.05, 0.1) is 21.5 Å². The zero-order valence-corrected chi connectivity index (χ0v) is 18.3. The Morgan fingerprint density at radius 2 is 1.88 bits per heavy atom. The molecule has 1 aromatic heterocycles. The minimum atomic E-state index is -1.03. The highest BCUT2D eigenvalue weighted by Gasteiger charge is 2.35. The number of primary amides is 1. The molecule has 1 saturated heterocycles. The second-order valence-electron chi connectivity index (χ2n) is 7.74. The molecule has 0 saturated carbocycles. The first-order valence-electron chi connectivity index (χ1n) is 9.97. The summed E-state index contributed by atoms with van der Waals surface area (Å²) in [5.41, 5.74) is 5.31. The molecule has 0 bridgehead atoms. The number of rotatable bonds is 4. The first-order valence-corrected chi connectivity index (χ1v) is 10.7. The van der Waals surface area contributed by atoms with Crippen LogP contribution < -0.4 is 26.8 Å². The topological polar surface area (TPSA) is 150 Å². The highest BCUT2D eigenvalue weighted by molar-refractivity contribution is 6.42. The number of anilines is 3. The molecule has 12 heteroatoms. The zero-order valence-electron chi connectivity index (χ0n) is 16.8. The maximum atomic E-state index is 12.9. The maximum Gasteiger partial charge on any atom is 0.258 e. The molecule has 1 unspecified atom stereocenters. The largest absolute Gasteiger partial charge is 0.369 e. The number of piperidine rings is 1. The molecule has 2 aromatic rings. The van der Waals surface area contributed by atoms with Crippen molar-refractivity contribution in [2.24, 2.45) is 11.7 Å². The third-order valence-electron chi connectivity index (χ3n) is 5.64. The number of carbonyl (C=O) groups is 3. The molecular formula is C20H20Cl2N6O4. The van der Waals surface area contributed by atoms with Crippen LogP contribution in [-0.4, -0.2) is 40.8 Å². The predicted octanol–water partition coefficient (Wildman–Crippen LogP) is 1.84. The zero-order chi connectivity index (χ0) is 23.0. The summed E-state index contributed by atoms with van der Waals surface area (Å²) in [5, 5.41) is 5.84. The van der Waals surface area contributed by atoms with Gasteiger partial charge in [-0.25, -0.2) is 0 Å². The van der Waals surface area contributed by atoms with Crippen LogP contribution in [0.1, 0.15) is 30.7 Å².